The first-order chi connectivity index (χ1) is 13.4. The minimum Gasteiger partial charge on any atom is -0.369 e. The van der Waals surface area contributed by atoms with Crippen molar-refractivity contribution in [2.24, 2.45) is 0 Å². The molecule has 2 aliphatic heterocycles. The molecule has 7 nitrogen and oxygen atoms in total. The van der Waals surface area contributed by atoms with E-state index in [-0.39, 0.29) is 5.56 Å². The molecular weight excluding hydrogens is 382 g/mol. The van der Waals surface area contributed by atoms with E-state index in [1.54, 1.807) is 31.2 Å². The van der Waals surface area contributed by atoms with Gasteiger partial charge in [-0.15, -0.1) is 0 Å². The third-order valence-electron chi connectivity index (χ3n) is 5.65. The lowest BCUT2D eigenvalue weighted by Gasteiger charge is -2.32. The van der Waals surface area contributed by atoms with Crippen LogP contribution < -0.4 is 0 Å². The highest BCUT2D eigenvalue weighted by Gasteiger charge is 2.70. The van der Waals surface area contributed by atoms with E-state index in [0.717, 1.165) is 24.0 Å². The molecule has 2 saturated heterocycles. The van der Waals surface area contributed by atoms with Crippen LogP contribution in [-0.4, -0.2) is 45.3 Å². The highest BCUT2D eigenvalue weighted by atomic mass is 35.5. The number of aryl methyl sites for hydroxylation is 1. The number of hydrogen-bond donors (Lipinski definition) is 1. The van der Waals surface area contributed by atoms with Crippen molar-refractivity contribution in [2.45, 2.75) is 31.5 Å². The molecule has 1 amide bonds. The fourth-order valence-electron chi connectivity index (χ4n) is 4.16. The quantitative estimate of drug-likeness (QED) is 0.631. The van der Waals surface area contributed by atoms with Gasteiger partial charge >= 0.3 is 11.4 Å². The topological polar surface area (TPSA) is 86.9 Å². The molecule has 2 fully saturated rings. The summed E-state index contributed by atoms with van der Waals surface area (Å²) in [5.74, 6) is -0.680. The lowest BCUT2D eigenvalue weighted by Crippen LogP contribution is -2.51. The summed E-state index contributed by atoms with van der Waals surface area (Å²) in [6.07, 6.45) is -0.0141. The van der Waals surface area contributed by atoms with Crippen molar-refractivity contribution in [1.29, 1.82) is 0 Å². The van der Waals surface area contributed by atoms with E-state index < -0.39 is 22.6 Å². The summed E-state index contributed by atoms with van der Waals surface area (Å²) in [4.78, 5) is 24.9. The zero-order valence-corrected chi connectivity index (χ0v) is 16.1. The van der Waals surface area contributed by atoms with Gasteiger partial charge in [0, 0.05) is 28.6 Å². The maximum atomic E-state index is 13.2. The van der Waals surface area contributed by atoms with Crippen molar-refractivity contribution in [3.05, 3.63) is 68.7 Å². The van der Waals surface area contributed by atoms with Gasteiger partial charge in [-0.2, -0.15) is 5.01 Å². The lowest BCUT2D eigenvalue weighted by atomic mass is 9.83. The summed E-state index contributed by atoms with van der Waals surface area (Å²) >= 11 is 5.95. The second kappa shape index (κ2) is 6.84. The van der Waals surface area contributed by atoms with E-state index in [1.165, 1.54) is 10.0 Å². The summed E-state index contributed by atoms with van der Waals surface area (Å²) < 4.78 is 0. The minimum atomic E-state index is -2.24. The molecule has 0 bridgehead atoms. The van der Waals surface area contributed by atoms with Gasteiger partial charge in [0.05, 0.1) is 0 Å². The van der Waals surface area contributed by atoms with Crippen LogP contribution in [0.4, 0.5) is 0 Å². The number of nitrogens with zero attached hydrogens (tertiary/aromatic N) is 3. The molecule has 4 rings (SSSR count). The first-order valence-corrected chi connectivity index (χ1v) is 9.53. The van der Waals surface area contributed by atoms with Crippen molar-refractivity contribution in [2.75, 3.05) is 13.1 Å². The third-order valence-corrected chi connectivity index (χ3v) is 5.90. The molecule has 2 atom stereocenters. The van der Waals surface area contributed by atoms with Gasteiger partial charge in [0.25, 0.3) is 0 Å². The van der Waals surface area contributed by atoms with Gasteiger partial charge in [0.1, 0.15) is 0 Å². The Labute approximate surface area is 167 Å². The molecule has 2 aromatic carbocycles. The molecule has 2 heterocycles. The van der Waals surface area contributed by atoms with Crippen molar-refractivity contribution in [3.8, 4) is 11.1 Å². The first-order valence-electron chi connectivity index (χ1n) is 9.15. The zero-order chi connectivity index (χ0) is 20.1. The Bertz CT molecular complexity index is 949. The standard InChI is InChI=1S/C20H20ClN3O4/c1-13-4-5-15(14-6-8-16(21)9-7-14)12-17(13)20(24(27)28)18(25)22-10-2-3-11-23(22)19(20)26/h4-9,12,18,25H,2-3,10-11H2,1H3. The minimum absolute atomic E-state index is 0.219. The van der Waals surface area contributed by atoms with Gasteiger partial charge in [0.2, 0.25) is 6.23 Å². The summed E-state index contributed by atoms with van der Waals surface area (Å²) in [6, 6.07) is 12.3. The largest absolute Gasteiger partial charge is 0.369 e. The van der Waals surface area contributed by atoms with Crippen molar-refractivity contribution >= 4 is 17.5 Å². The fraction of sp³-hybridized carbons (Fsp3) is 0.350. The van der Waals surface area contributed by atoms with Crippen LogP contribution in [0.3, 0.4) is 0 Å². The summed E-state index contributed by atoms with van der Waals surface area (Å²) in [7, 11) is 0. The van der Waals surface area contributed by atoms with Gasteiger partial charge in [0.15, 0.2) is 0 Å². The van der Waals surface area contributed by atoms with Crippen LogP contribution in [0, 0.1) is 17.0 Å². The molecule has 0 radical (unpaired) electrons. The predicted octanol–water partition coefficient (Wildman–Crippen LogP) is 2.96. The van der Waals surface area contributed by atoms with Crippen LogP contribution >= 0.6 is 11.6 Å². The average Bonchev–Trinajstić information content (AvgIpc) is 2.92. The van der Waals surface area contributed by atoms with E-state index in [9.17, 15) is 20.0 Å². The Balaban J connectivity index is 1.89. The number of aliphatic hydroxyl groups is 1. The normalized spacial score (nSPS) is 25.0. The number of fused-ring (bicyclic) bond motifs is 1. The van der Waals surface area contributed by atoms with E-state index in [1.807, 2.05) is 18.2 Å². The number of aliphatic hydroxyl groups excluding tert-OH is 1. The van der Waals surface area contributed by atoms with Crippen LogP contribution in [0.15, 0.2) is 42.5 Å². The van der Waals surface area contributed by atoms with E-state index >= 15 is 0 Å². The monoisotopic (exact) mass is 401 g/mol. The third kappa shape index (κ3) is 2.62. The van der Waals surface area contributed by atoms with Crippen molar-refractivity contribution in [3.63, 3.8) is 0 Å². The molecule has 0 aliphatic carbocycles. The number of hydrogen-bond acceptors (Lipinski definition) is 5. The molecule has 146 valence electrons. The summed E-state index contributed by atoms with van der Waals surface area (Å²) in [5, 5.41) is 26.6. The number of benzene rings is 2. The molecule has 1 N–H and O–H groups in total. The van der Waals surface area contributed by atoms with Crippen LogP contribution in [-0.2, 0) is 10.3 Å². The van der Waals surface area contributed by atoms with E-state index in [0.29, 0.717) is 23.7 Å². The highest BCUT2D eigenvalue weighted by Crippen LogP contribution is 2.43. The SMILES string of the molecule is Cc1ccc(-c2ccc(Cl)cc2)cc1C1([N+](=O)[O-])C(=O)N2CCCCN2C1O. The molecule has 8 heteroatoms. The molecule has 0 saturated carbocycles. The van der Waals surface area contributed by atoms with E-state index in [2.05, 4.69) is 0 Å². The Hall–Kier alpha value is -2.48. The second-order valence-electron chi connectivity index (χ2n) is 7.23. The molecule has 2 unspecified atom stereocenters. The molecule has 2 aromatic rings. The maximum absolute atomic E-state index is 13.2. The number of hydrazine groups is 1. The average molecular weight is 402 g/mol. The number of halogens is 1. The van der Waals surface area contributed by atoms with Crippen LogP contribution in [0.1, 0.15) is 24.0 Å². The Kier molecular flexibility index (Phi) is 4.61. The number of carbonyl (C=O) groups excluding carboxylic acids is 1. The number of rotatable bonds is 3. The van der Waals surface area contributed by atoms with Crippen molar-refractivity contribution in [1.82, 2.24) is 10.0 Å². The lowest BCUT2D eigenvalue weighted by molar-refractivity contribution is -0.575. The van der Waals surface area contributed by atoms with Gasteiger partial charge in [-0.3, -0.25) is 19.9 Å². The van der Waals surface area contributed by atoms with Gasteiger partial charge in [-0.1, -0.05) is 35.9 Å². The predicted molar refractivity (Wildman–Crippen MR) is 104 cm³/mol. The van der Waals surface area contributed by atoms with Crippen LogP contribution in [0.25, 0.3) is 11.1 Å². The highest BCUT2D eigenvalue weighted by molar-refractivity contribution is 6.30. The molecule has 28 heavy (non-hydrogen) atoms. The first kappa shape index (κ1) is 18.9. The van der Waals surface area contributed by atoms with Crippen LogP contribution in [0.5, 0.6) is 0 Å². The zero-order valence-electron chi connectivity index (χ0n) is 15.3. The van der Waals surface area contributed by atoms with Gasteiger partial charge in [-0.05, 0) is 54.7 Å². The molecule has 2 aliphatic rings. The number of carbonyl (C=O) groups is 1. The number of amides is 1. The van der Waals surface area contributed by atoms with Gasteiger partial charge in [-0.25, -0.2) is 0 Å². The summed E-state index contributed by atoms with van der Waals surface area (Å²) in [5.41, 5.74) is 0.108. The molecule has 0 aromatic heterocycles. The number of nitro groups is 1. The fourth-order valence-corrected chi connectivity index (χ4v) is 4.29. The Morgan fingerprint density at radius 3 is 2.43 bits per heavy atom. The molecule has 0 spiro atoms. The van der Waals surface area contributed by atoms with Crippen LogP contribution in [0.2, 0.25) is 5.02 Å². The van der Waals surface area contributed by atoms with Crippen molar-refractivity contribution < 1.29 is 14.8 Å². The van der Waals surface area contributed by atoms with Gasteiger partial charge < -0.3 is 5.11 Å². The van der Waals surface area contributed by atoms with E-state index in [4.69, 9.17) is 11.6 Å². The maximum Gasteiger partial charge on any atom is 0.365 e. The second-order valence-corrected chi connectivity index (χ2v) is 7.67. The Morgan fingerprint density at radius 2 is 1.79 bits per heavy atom. The molecular formula is C20H20ClN3O4. The smallest absolute Gasteiger partial charge is 0.365 e. The Morgan fingerprint density at radius 1 is 1.14 bits per heavy atom. The summed E-state index contributed by atoms with van der Waals surface area (Å²) in [6.45, 7) is 2.51.